The maximum atomic E-state index is 5.14. The molecule has 0 spiro atoms. The second kappa shape index (κ2) is 9.92. The Kier molecular flexibility index (Phi) is 8.51. The maximum Gasteiger partial charge on any atom is 0.0476 e. The minimum Gasteiger partial charge on any atom is -0.385 e. The van der Waals surface area contributed by atoms with Gasteiger partial charge in [0.1, 0.15) is 0 Å². The predicted molar refractivity (Wildman–Crippen MR) is 86.1 cm³/mol. The summed E-state index contributed by atoms with van der Waals surface area (Å²) in [5.41, 5.74) is 1.39. The highest BCUT2D eigenvalue weighted by molar-refractivity contribution is 5.19. The summed E-state index contributed by atoms with van der Waals surface area (Å²) in [6, 6.07) is 11.7. The normalized spacial score (nSPS) is 14.4. The first kappa shape index (κ1) is 17.2. The van der Waals surface area contributed by atoms with Crippen molar-refractivity contribution in [2.45, 2.75) is 39.3 Å². The molecule has 2 unspecified atom stereocenters. The molecule has 0 bridgehead atoms. The average Bonchev–Trinajstić information content (AvgIpc) is 2.50. The molecule has 0 aliphatic rings. The van der Waals surface area contributed by atoms with Gasteiger partial charge in [0, 0.05) is 32.3 Å². The van der Waals surface area contributed by atoms with Gasteiger partial charge in [-0.1, -0.05) is 44.2 Å². The van der Waals surface area contributed by atoms with Crippen molar-refractivity contribution in [2.75, 3.05) is 33.4 Å². The molecular formula is C17H30N2O. The molecular weight excluding hydrogens is 248 g/mol. The number of hydrogen-bond donors (Lipinski definition) is 1. The lowest BCUT2D eigenvalue weighted by Crippen LogP contribution is -2.39. The van der Waals surface area contributed by atoms with Crippen LogP contribution in [-0.2, 0) is 4.74 Å². The molecule has 0 saturated carbocycles. The number of rotatable bonds is 10. The fourth-order valence-corrected chi connectivity index (χ4v) is 2.51. The second-order valence-corrected chi connectivity index (χ2v) is 5.24. The molecule has 0 aliphatic heterocycles. The van der Waals surface area contributed by atoms with Crippen molar-refractivity contribution < 1.29 is 4.74 Å². The van der Waals surface area contributed by atoms with Gasteiger partial charge in [-0.05, 0) is 32.0 Å². The zero-order chi connectivity index (χ0) is 14.8. The van der Waals surface area contributed by atoms with E-state index in [1.165, 1.54) is 5.56 Å². The molecule has 0 aliphatic carbocycles. The van der Waals surface area contributed by atoms with Gasteiger partial charge in [-0.25, -0.2) is 0 Å². The quantitative estimate of drug-likeness (QED) is 0.712. The zero-order valence-electron chi connectivity index (χ0n) is 13.4. The number of likely N-dealkylation sites (N-methyl/N-ethyl adjacent to an activating group) is 1. The number of ether oxygens (including phenoxy) is 1. The van der Waals surface area contributed by atoms with Crippen LogP contribution in [0.15, 0.2) is 30.3 Å². The molecule has 0 fully saturated rings. The summed E-state index contributed by atoms with van der Waals surface area (Å²) < 4.78 is 5.14. The molecule has 0 amide bonds. The van der Waals surface area contributed by atoms with Crippen LogP contribution in [0.2, 0.25) is 0 Å². The summed E-state index contributed by atoms with van der Waals surface area (Å²) in [7, 11) is 1.76. The lowest BCUT2D eigenvalue weighted by Gasteiger charge is -2.31. The van der Waals surface area contributed by atoms with Crippen molar-refractivity contribution in [1.29, 1.82) is 0 Å². The highest BCUT2D eigenvalue weighted by Crippen LogP contribution is 2.19. The smallest absolute Gasteiger partial charge is 0.0476 e. The average molecular weight is 278 g/mol. The van der Waals surface area contributed by atoms with E-state index >= 15 is 0 Å². The van der Waals surface area contributed by atoms with E-state index < -0.39 is 0 Å². The minimum absolute atomic E-state index is 0.441. The van der Waals surface area contributed by atoms with Gasteiger partial charge in [-0.15, -0.1) is 0 Å². The SMILES string of the molecule is CCN(CC)C(CNC(C)CCOC)c1ccccc1. The molecule has 1 aromatic carbocycles. The first-order valence-electron chi connectivity index (χ1n) is 7.74. The van der Waals surface area contributed by atoms with Crippen molar-refractivity contribution in [1.82, 2.24) is 10.2 Å². The van der Waals surface area contributed by atoms with Crippen molar-refractivity contribution in [2.24, 2.45) is 0 Å². The van der Waals surface area contributed by atoms with Gasteiger partial charge in [0.2, 0.25) is 0 Å². The van der Waals surface area contributed by atoms with E-state index in [2.05, 4.69) is 61.3 Å². The minimum atomic E-state index is 0.441. The molecule has 3 nitrogen and oxygen atoms in total. The van der Waals surface area contributed by atoms with E-state index in [1.54, 1.807) is 7.11 Å². The first-order chi connectivity index (χ1) is 9.72. The highest BCUT2D eigenvalue weighted by atomic mass is 16.5. The summed E-state index contributed by atoms with van der Waals surface area (Å²) in [5.74, 6) is 0. The Morgan fingerprint density at radius 1 is 1.15 bits per heavy atom. The topological polar surface area (TPSA) is 24.5 Å². The van der Waals surface area contributed by atoms with Crippen LogP contribution in [0.4, 0.5) is 0 Å². The van der Waals surface area contributed by atoms with E-state index in [4.69, 9.17) is 4.74 Å². The van der Waals surface area contributed by atoms with Crippen LogP contribution in [0.25, 0.3) is 0 Å². The van der Waals surface area contributed by atoms with E-state index in [-0.39, 0.29) is 0 Å². The molecule has 20 heavy (non-hydrogen) atoms. The molecule has 114 valence electrons. The third-order valence-electron chi connectivity index (χ3n) is 3.85. The lowest BCUT2D eigenvalue weighted by atomic mass is 10.0. The molecule has 1 N–H and O–H groups in total. The third kappa shape index (κ3) is 5.61. The van der Waals surface area contributed by atoms with Crippen LogP contribution in [0.1, 0.15) is 38.8 Å². The number of benzene rings is 1. The molecule has 1 aromatic rings. The van der Waals surface area contributed by atoms with Gasteiger partial charge < -0.3 is 10.1 Å². The summed E-state index contributed by atoms with van der Waals surface area (Å²) in [6.07, 6.45) is 1.05. The van der Waals surface area contributed by atoms with E-state index in [0.717, 1.165) is 32.7 Å². The Labute approximate surface area is 124 Å². The van der Waals surface area contributed by atoms with Gasteiger partial charge in [0.15, 0.2) is 0 Å². The fourth-order valence-electron chi connectivity index (χ4n) is 2.51. The first-order valence-corrected chi connectivity index (χ1v) is 7.74. The van der Waals surface area contributed by atoms with Crippen molar-refractivity contribution >= 4 is 0 Å². The molecule has 0 heterocycles. The number of hydrogen-bond acceptors (Lipinski definition) is 3. The van der Waals surface area contributed by atoms with Crippen molar-refractivity contribution in [3.05, 3.63) is 35.9 Å². The van der Waals surface area contributed by atoms with E-state index in [1.807, 2.05) is 0 Å². The van der Waals surface area contributed by atoms with Gasteiger partial charge in [-0.2, -0.15) is 0 Å². The summed E-state index contributed by atoms with van der Waals surface area (Å²) >= 11 is 0. The van der Waals surface area contributed by atoms with Gasteiger partial charge in [0.25, 0.3) is 0 Å². The maximum absolute atomic E-state index is 5.14. The highest BCUT2D eigenvalue weighted by Gasteiger charge is 2.18. The standard InChI is InChI=1S/C17H30N2O/c1-5-19(6-2)17(16-10-8-7-9-11-16)14-18-15(3)12-13-20-4/h7-11,15,17-18H,5-6,12-14H2,1-4H3. The number of nitrogens with zero attached hydrogens (tertiary/aromatic N) is 1. The third-order valence-corrected chi connectivity index (χ3v) is 3.85. The van der Waals surface area contributed by atoms with Crippen molar-refractivity contribution in [3.63, 3.8) is 0 Å². The van der Waals surface area contributed by atoms with Crippen LogP contribution in [0, 0.1) is 0 Å². The molecule has 0 saturated heterocycles. The van der Waals surface area contributed by atoms with E-state index in [9.17, 15) is 0 Å². The summed E-state index contributed by atoms with van der Waals surface area (Å²) in [4.78, 5) is 2.51. The summed E-state index contributed by atoms with van der Waals surface area (Å²) in [6.45, 7) is 10.6. The van der Waals surface area contributed by atoms with Gasteiger partial charge in [-0.3, -0.25) is 4.90 Å². The van der Waals surface area contributed by atoms with Crippen LogP contribution in [0.5, 0.6) is 0 Å². The Hall–Kier alpha value is -0.900. The Morgan fingerprint density at radius 3 is 2.35 bits per heavy atom. The predicted octanol–water partition coefficient (Wildman–Crippen LogP) is 3.08. The second-order valence-electron chi connectivity index (χ2n) is 5.24. The van der Waals surface area contributed by atoms with Crippen LogP contribution in [0.3, 0.4) is 0 Å². The zero-order valence-corrected chi connectivity index (χ0v) is 13.4. The number of methoxy groups -OCH3 is 1. The monoisotopic (exact) mass is 278 g/mol. The molecule has 2 atom stereocenters. The molecule has 0 radical (unpaired) electrons. The fraction of sp³-hybridized carbons (Fsp3) is 0.647. The Balaban J connectivity index is 2.64. The molecule has 3 heteroatoms. The lowest BCUT2D eigenvalue weighted by molar-refractivity contribution is 0.176. The Morgan fingerprint density at radius 2 is 1.80 bits per heavy atom. The molecule has 0 aromatic heterocycles. The molecule has 1 rings (SSSR count). The largest absolute Gasteiger partial charge is 0.385 e. The van der Waals surface area contributed by atoms with Crippen LogP contribution < -0.4 is 5.32 Å². The van der Waals surface area contributed by atoms with Crippen LogP contribution >= 0.6 is 0 Å². The van der Waals surface area contributed by atoms with Crippen molar-refractivity contribution in [3.8, 4) is 0 Å². The van der Waals surface area contributed by atoms with Gasteiger partial charge in [0.05, 0.1) is 0 Å². The Bertz CT molecular complexity index is 338. The van der Waals surface area contributed by atoms with E-state index in [0.29, 0.717) is 12.1 Å². The number of nitrogens with one attached hydrogen (secondary N) is 1. The summed E-state index contributed by atoms with van der Waals surface area (Å²) in [5, 5.41) is 3.64. The van der Waals surface area contributed by atoms with Gasteiger partial charge >= 0.3 is 0 Å². The van der Waals surface area contributed by atoms with Crippen LogP contribution in [-0.4, -0.2) is 44.3 Å².